The number of hydrogen-bond donors (Lipinski definition) is 3. The van der Waals surface area contributed by atoms with Gasteiger partial charge in [-0.25, -0.2) is 4.79 Å². The molecule has 0 aromatic heterocycles. The average molecular weight is 326 g/mol. The third-order valence-electron chi connectivity index (χ3n) is 5.03. The quantitative estimate of drug-likeness (QED) is 0.782. The topological polar surface area (TPSA) is 77.8 Å². The zero-order chi connectivity index (χ0) is 17.1. The third kappa shape index (κ3) is 3.70. The Morgan fingerprint density at radius 3 is 2.21 bits per heavy atom. The van der Waals surface area contributed by atoms with Crippen LogP contribution >= 0.6 is 0 Å². The van der Waals surface area contributed by atoms with E-state index in [9.17, 15) is 15.0 Å². The number of phenols is 2. The summed E-state index contributed by atoms with van der Waals surface area (Å²) >= 11 is 0. The molecule has 1 aliphatic carbocycles. The van der Waals surface area contributed by atoms with Crippen molar-refractivity contribution in [2.45, 2.75) is 38.0 Å². The van der Waals surface area contributed by atoms with Crippen LogP contribution in [0.2, 0.25) is 0 Å². The Morgan fingerprint density at radius 1 is 0.958 bits per heavy atom. The van der Waals surface area contributed by atoms with Gasteiger partial charge in [0.05, 0.1) is 5.56 Å². The Bertz CT molecular complexity index is 713. The van der Waals surface area contributed by atoms with Gasteiger partial charge in [-0.15, -0.1) is 0 Å². The number of benzene rings is 2. The number of hydrogen-bond acceptors (Lipinski definition) is 3. The summed E-state index contributed by atoms with van der Waals surface area (Å²) in [5.41, 5.74) is 2.43. The van der Waals surface area contributed by atoms with Crippen LogP contribution in [0.4, 0.5) is 0 Å². The van der Waals surface area contributed by atoms with E-state index in [2.05, 4.69) is 0 Å². The zero-order valence-corrected chi connectivity index (χ0v) is 13.5. The van der Waals surface area contributed by atoms with Crippen molar-refractivity contribution in [3.05, 3.63) is 59.2 Å². The molecule has 1 fully saturated rings. The molecule has 4 nitrogen and oxygen atoms in total. The van der Waals surface area contributed by atoms with E-state index in [1.807, 2.05) is 18.2 Å². The van der Waals surface area contributed by atoms with Crippen molar-refractivity contribution in [1.29, 1.82) is 0 Å². The van der Waals surface area contributed by atoms with Crippen LogP contribution in [0, 0.1) is 5.92 Å². The van der Waals surface area contributed by atoms with Crippen LogP contribution in [-0.4, -0.2) is 21.3 Å². The molecule has 0 heterocycles. The van der Waals surface area contributed by atoms with E-state index in [1.165, 1.54) is 11.6 Å². The summed E-state index contributed by atoms with van der Waals surface area (Å²) in [7, 11) is 0. The summed E-state index contributed by atoms with van der Waals surface area (Å²) in [5.74, 6) is 0.320. The highest BCUT2D eigenvalue weighted by atomic mass is 16.4. The lowest BCUT2D eigenvalue weighted by atomic mass is 9.76. The molecule has 2 aromatic carbocycles. The fraction of sp³-hybridized carbons (Fsp3) is 0.350. The summed E-state index contributed by atoms with van der Waals surface area (Å²) < 4.78 is 0. The van der Waals surface area contributed by atoms with Crippen molar-refractivity contribution in [3.63, 3.8) is 0 Å². The third-order valence-corrected chi connectivity index (χ3v) is 5.03. The van der Waals surface area contributed by atoms with Crippen molar-refractivity contribution >= 4 is 5.97 Å². The van der Waals surface area contributed by atoms with Gasteiger partial charge in [0.1, 0.15) is 11.5 Å². The summed E-state index contributed by atoms with van der Waals surface area (Å²) in [6.07, 6.45) is 5.19. The molecular weight excluding hydrogens is 304 g/mol. The minimum atomic E-state index is -0.893. The predicted octanol–water partition coefficient (Wildman–Crippen LogP) is 4.31. The number of rotatable bonds is 4. The van der Waals surface area contributed by atoms with Crippen LogP contribution in [0.1, 0.15) is 53.1 Å². The predicted molar refractivity (Wildman–Crippen MR) is 91.6 cm³/mol. The van der Waals surface area contributed by atoms with Crippen molar-refractivity contribution < 1.29 is 20.1 Å². The lowest BCUT2D eigenvalue weighted by Crippen LogP contribution is -2.15. The molecule has 4 heteroatoms. The highest BCUT2D eigenvalue weighted by Gasteiger charge is 2.24. The van der Waals surface area contributed by atoms with Crippen molar-refractivity contribution in [2.24, 2.45) is 5.92 Å². The smallest absolute Gasteiger partial charge is 0.335 e. The van der Waals surface area contributed by atoms with Crippen LogP contribution in [0.25, 0.3) is 0 Å². The highest BCUT2D eigenvalue weighted by Crippen LogP contribution is 2.41. The first-order chi connectivity index (χ1) is 11.5. The Balaban J connectivity index is 1.58. The van der Waals surface area contributed by atoms with E-state index < -0.39 is 5.97 Å². The van der Waals surface area contributed by atoms with E-state index >= 15 is 0 Å². The molecule has 0 aliphatic heterocycles. The van der Waals surface area contributed by atoms with Crippen molar-refractivity contribution in [1.82, 2.24) is 0 Å². The normalized spacial score (nSPS) is 20.7. The van der Waals surface area contributed by atoms with Crippen molar-refractivity contribution in [2.75, 3.05) is 0 Å². The minimum absolute atomic E-state index is 0.0924. The molecule has 3 rings (SSSR count). The van der Waals surface area contributed by atoms with Crippen LogP contribution < -0.4 is 0 Å². The summed E-state index contributed by atoms with van der Waals surface area (Å²) in [5, 5.41) is 28.3. The maximum absolute atomic E-state index is 10.9. The summed E-state index contributed by atoms with van der Waals surface area (Å²) in [4.78, 5) is 10.9. The van der Waals surface area contributed by atoms with Gasteiger partial charge in [0, 0.05) is 6.07 Å². The first-order valence-corrected chi connectivity index (χ1v) is 8.37. The Morgan fingerprint density at radius 2 is 1.62 bits per heavy atom. The monoisotopic (exact) mass is 326 g/mol. The second-order valence-corrected chi connectivity index (χ2v) is 6.67. The van der Waals surface area contributed by atoms with E-state index in [0.29, 0.717) is 17.4 Å². The lowest BCUT2D eigenvalue weighted by molar-refractivity contribution is 0.0697. The molecule has 0 saturated heterocycles. The minimum Gasteiger partial charge on any atom is -0.508 e. The molecule has 24 heavy (non-hydrogen) atoms. The molecule has 0 unspecified atom stereocenters. The van der Waals surface area contributed by atoms with Crippen LogP contribution in [-0.2, 0) is 6.42 Å². The van der Waals surface area contributed by atoms with E-state index in [0.717, 1.165) is 37.7 Å². The molecule has 2 aromatic rings. The maximum atomic E-state index is 10.9. The zero-order valence-electron chi connectivity index (χ0n) is 13.5. The fourth-order valence-electron chi connectivity index (χ4n) is 3.67. The molecule has 0 spiro atoms. The number of aromatic hydroxyl groups is 2. The van der Waals surface area contributed by atoms with Gasteiger partial charge in [0.25, 0.3) is 0 Å². The van der Waals surface area contributed by atoms with Gasteiger partial charge in [-0.05, 0) is 73.3 Å². The van der Waals surface area contributed by atoms with Crippen LogP contribution in [0.3, 0.4) is 0 Å². The number of phenolic OH excluding ortho intramolecular Hbond substituents is 2. The molecule has 126 valence electrons. The van der Waals surface area contributed by atoms with E-state index in [4.69, 9.17) is 5.11 Å². The van der Waals surface area contributed by atoms with Crippen LogP contribution in [0.5, 0.6) is 11.5 Å². The molecule has 0 atom stereocenters. The number of carboxylic acid groups (broad SMARTS) is 1. The van der Waals surface area contributed by atoms with Crippen molar-refractivity contribution in [3.8, 4) is 11.5 Å². The van der Waals surface area contributed by atoms with Gasteiger partial charge in [-0.1, -0.05) is 18.2 Å². The van der Waals surface area contributed by atoms with Gasteiger partial charge >= 0.3 is 5.97 Å². The maximum Gasteiger partial charge on any atom is 0.335 e. The second-order valence-electron chi connectivity index (χ2n) is 6.67. The first kappa shape index (κ1) is 16.4. The molecule has 1 saturated carbocycles. The molecular formula is C20H22O4. The molecule has 3 N–H and O–H groups in total. The Hall–Kier alpha value is -2.49. The summed E-state index contributed by atoms with van der Waals surface area (Å²) in [6, 6.07) is 12.0. The van der Waals surface area contributed by atoms with Gasteiger partial charge in [-0.2, -0.15) is 0 Å². The second kappa shape index (κ2) is 6.95. The summed E-state index contributed by atoms with van der Waals surface area (Å²) in [6.45, 7) is 0. The van der Waals surface area contributed by atoms with Crippen LogP contribution in [0.15, 0.2) is 42.5 Å². The Kier molecular flexibility index (Phi) is 4.74. The van der Waals surface area contributed by atoms with Gasteiger partial charge < -0.3 is 15.3 Å². The number of aromatic carboxylic acids is 1. The van der Waals surface area contributed by atoms with Gasteiger partial charge in [0.2, 0.25) is 0 Å². The average Bonchev–Trinajstić information content (AvgIpc) is 2.56. The number of carbonyl (C=O) groups is 1. The van der Waals surface area contributed by atoms with E-state index in [-0.39, 0.29) is 11.5 Å². The molecule has 1 aliphatic rings. The van der Waals surface area contributed by atoms with Gasteiger partial charge in [-0.3, -0.25) is 0 Å². The highest BCUT2D eigenvalue weighted by molar-refractivity contribution is 5.87. The number of carboxylic acids is 1. The first-order valence-electron chi connectivity index (χ1n) is 8.37. The largest absolute Gasteiger partial charge is 0.508 e. The molecule has 0 bridgehead atoms. The lowest BCUT2D eigenvalue weighted by Gasteiger charge is -2.29. The van der Waals surface area contributed by atoms with Gasteiger partial charge in [0.15, 0.2) is 0 Å². The fourth-order valence-corrected chi connectivity index (χ4v) is 3.67. The molecule has 0 radical (unpaired) electrons. The molecule has 0 amide bonds. The standard InChI is InChI=1S/C20H22O4/c21-17-9-10-18(19(22)12-17)15-5-1-13(2-6-15)11-14-3-7-16(8-4-14)20(23)24/h3-4,7-10,12-13,15,21-22H,1-2,5-6,11H2,(H,23,24). The van der Waals surface area contributed by atoms with E-state index in [1.54, 1.807) is 18.2 Å². The Labute approximate surface area is 141 Å². The SMILES string of the molecule is O=C(O)c1ccc(CC2CCC(c3ccc(O)cc3O)CC2)cc1.